The molecule has 0 radical (unpaired) electrons. The molecule has 0 saturated carbocycles. The van der Waals surface area contributed by atoms with Crippen molar-refractivity contribution in [1.29, 1.82) is 0 Å². The van der Waals surface area contributed by atoms with Crippen molar-refractivity contribution in [2.75, 3.05) is 40.6 Å². The van der Waals surface area contributed by atoms with E-state index < -0.39 is 0 Å². The number of benzene rings is 1. The highest BCUT2D eigenvalue weighted by Gasteiger charge is 2.13. The summed E-state index contributed by atoms with van der Waals surface area (Å²) in [6, 6.07) is 9.84. The molecule has 0 fully saturated rings. The first-order valence-electron chi connectivity index (χ1n) is 10.5. The third kappa shape index (κ3) is 7.64. The summed E-state index contributed by atoms with van der Waals surface area (Å²) >= 11 is 0. The van der Waals surface area contributed by atoms with Crippen LogP contribution < -0.4 is 24.8 Å². The van der Waals surface area contributed by atoms with Crippen molar-refractivity contribution in [3.8, 4) is 17.4 Å². The van der Waals surface area contributed by atoms with Crippen LogP contribution in [-0.2, 0) is 11.3 Å². The van der Waals surface area contributed by atoms with Gasteiger partial charge in [-0.05, 0) is 44.5 Å². The van der Waals surface area contributed by atoms with E-state index >= 15 is 0 Å². The molecule has 170 valence electrons. The number of methoxy groups -OCH3 is 1. The number of hydrogen-bond donors (Lipinski definition) is 2. The van der Waals surface area contributed by atoms with Crippen molar-refractivity contribution in [3.63, 3.8) is 0 Å². The normalized spacial score (nSPS) is 12.2. The van der Waals surface area contributed by atoms with E-state index in [-0.39, 0.29) is 6.04 Å². The molecule has 0 saturated heterocycles. The molecule has 1 aromatic heterocycles. The molecule has 0 bridgehead atoms. The Morgan fingerprint density at radius 3 is 2.55 bits per heavy atom. The standard InChI is InChI=1S/C23H34N4O4/c1-6-29-20-11-10-18(15-21(20)30-7-2)17(3)27-23(24-4)26-16-19-9-8-12-25-22(19)31-14-13-28-5/h8-12,15,17H,6-7,13-14,16H2,1-5H3,(H2,24,26,27). The van der Waals surface area contributed by atoms with E-state index in [1.54, 1.807) is 20.4 Å². The zero-order chi connectivity index (χ0) is 22.5. The zero-order valence-electron chi connectivity index (χ0n) is 19.1. The van der Waals surface area contributed by atoms with E-state index in [4.69, 9.17) is 18.9 Å². The summed E-state index contributed by atoms with van der Waals surface area (Å²) in [5, 5.41) is 6.73. The lowest BCUT2D eigenvalue weighted by Crippen LogP contribution is -2.38. The van der Waals surface area contributed by atoms with Gasteiger partial charge in [-0.3, -0.25) is 4.99 Å². The smallest absolute Gasteiger partial charge is 0.218 e. The van der Waals surface area contributed by atoms with Gasteiger partial charge in [-0.1, -0.05) is 12.1 Å². The van der Waals surface area contributed by atoms with Crippen molar-refractivity contribution in [2.45, 2.75) is 33.4 Å². The van der Waals surface area contributed by atoms with Crippen LogP contribution >= 0.6 is 0 Å². The van der Waals surface area contributed by atoms with E-state index in [0.29, 0.717) is 44.8 Å². The second-order valence-electron chi connectivity index (χ2n) is 6.67. The molecule has 31 heavy (non-hydrogen) atoms. The maximum absolute atomic E-state index is 5.74. The SMILES string of the molecule is CCOc1ccc(C(C)NC(=NC)NCc2cccnc2OCCOC)cc1OCC. The van der Waals surface area contributed by atoms with Crippen LogP contribution in [0.25, 0.3) is 0 Å². The van der Waals surface area contributed by atoms with Gasteiger partial charge in [0.15, 0.2) is 17.5 Å². The predicted molar refractivity (Wildman–Crippen MR) is 122 cm³/mol. The van der Waals surface area contributed by atoms with Crippen molar-refractivity contribution in [1.82, 2.24) is 15.6 Å². The Hall–Kier alpha value is -3.00. The Bertz CT molecular complexity index is 829. The zero-order valence-corrected chi connectivity index (χ0v) is 19.1. The molecule has 8 heteroatoms. The fourth-order valence-electron chi connectivity index (χ4n) is 2.91. The van der Waals surface area contributed by atoms with Gasteiger partial charge in [-0.2, -0.15) is 0 Å². The highest BCUT2D eigenvalue weighted by Crippen LogP contribution is 2.30. The maximum Gasteiger partial charge on any atom is 0.218 e. The molecule has 1 atom stereocenters. The van der Waals surface area contributed by atoms with Gasteiger partial charge in [0.25, 0.3) is 0 Å². The Kier molecular flexibility index (Phi) is 10.4. The highest BCUT2D eigenvalue weighted by molar-refractivity contribution is 5.80. The fraction of sp³-hybridized carbons (Fsp3) is 0.478. The number of ether oxygens (including phenoxy) is 4. The lowest BCUT2D eigenvalue weighted by atomic mass is 10.1. The molecule has 0 spiro atoms. The van der Waals surface area contributed by atoms with Gasteiger partial charge in [0.1, 0.15) is 6.61 Å². The third-order valence-corrected chi connectivity index (χ3v) is 4.47. The molecule has 2 N–H and O–H groups in total. The number of nitrogens with zero attached hydrogens (tertiary/aromatic N) is 2. The molecular formula is C23H34N4O4. The van der Waals surface area contributed by atoms with Crippen molar-refractivity contribution in [3.05, 3.63) is 47.7 Å². The predicted octanol–water partition coefficient (Wildman–Crippen LogP) is 3.33. The van der Waals surface area contributed by atoms with Gasteiger partial charge in [0.05, 0.1) is 25.9 Å². The topological polar surface area (TPSA) is 86.2 Å². The van der Waals surface area contributed by atoms with Crippen LogP contribution in [-0.4, -0.2) is 51.5 Å². The summed E-state index contributed by atoms with van der Waals surface area (Å²) in [7, 11) is 3.38. The van der Waals surface area contributed by atoms with Gasteiger partial charge in [-0.15, -0.1) is 0 Å². The summed E-state index contributed by atoms with van der Waals surface area (Å²) in [5.41, 5.74) is 2.01. The number of nitrogens with one attached hydrogen (secondary N) is 2. The Balaban J connectivity index is 2.01. The largest absolute Gasteiger partial charge is 0.490 e. The monoisotopic (exact) mass is 430 g/mol. The number of guanidine groups is 1. The highest BCUT2D eigenvalue weighted by atomic mass is 16.5. The number of hydrogen-bond acceptors (Lipinski definition) is 6. The maximum atomic E-state index is 5.74. The molecule has 1 unspecified atom stereocenters. The lowest BCUT2D eigenvalue weighted by Gasteiger charge is -2.20. The van der Waals surface area contributed by atoms with Crippen molar-refractivity contribution < 1.29 is 18.9 Å². The van der Waals surface area contributed by atoms with E-state index in [2.05, 4.69) is 27.5 Å². The minimum absolute atomic E-state index is 0.00686. The van der Waals surface area contributed by atoms with Crippen LogP contribution in [0.3, 0.4) is 0 Å². The Morgan fingerprint density at radius 2 is 1.84 bits per heavy atom. The van der Waals surface area contributed by atoms with Crippen molar-refractivity contribution in [2.24, 2.45) is 4.99 Å². The van der Waals surface area contributed by atoms with E-state index in [9.17, 15) is 0 Å². The van der Waals surface area contributed by atoms with Gasteiger partial charge >= 0.3 is 0 Å². The van der Waals surface area contributed by atoms with Crippen LogP contribution in [0.2, 0.25) is 0 Å². The summed E-state index contributed by atoms with van der Waals surface area (Å²) < 4.78 is 22.1. The minimum atomic E-state index is 0.00686. The van der Waals surface area contributed by atoms with Crippen LogP contribution in [0, 0.1) is 0 Å². The first kappa shape index (κ1) is 24.3. The molecule has 0 amide bonds. The Labute approximate surface area is 185 Å². The molecule has 0 aliphatic carbocycles. The molecule has 2 rings (SSSR count). The number of aliphatic imine (C=N–C) groups is 1. The second-order valence-corrected chi connectivity index (χ2v) is 6.67. The number of rotatable bonds is 12. The van der Waals surface area contributed by atoms with Crippen LogP contribution in [0.5, 0.6) is 17.4 Å². The van der Waals surface area contributed by atoms with Gasteiger partial charge < -0.3 is 29.6 Å². The quantitative estimate of drug-likeness (QED) is 0.303. The molecule has 0 aliphatic heterocycles. The van der Waals surface area contributed by atoms with Crippen LogP contribution in [0.15, 0.2) is 41.5 Å². The molecule has 1 aromatic carbocycles. The molecule has 2 aromatic rings. The van der Waals surface area contributed by atoms with E-state index in [1.807, 2.05) is 44.2 Å². The Morgan fingerprint density at radius 1 is 1.06 bits per heavy atom. The molecular weight excluding hydrogens is 396 g/mol. The van der Waals surface area contributed by atoms with E-state index in [0.717, 1.165) is 22.6 Å². The first-order chi connectivity index (χ1) is 15.1. The average Bonchev–Trinajstić information content (AvgIpc) is 2.79. The van der Waals surface area contributed by atoms with Gasteiger partial charge in [0.2, 0.25) is 5.88 Å². The number of aromatic nitrogens is 1. The summed E-state index contributed by atoms with van der Waals surface area (Å²) in [5.74, 6) is 2.75. The second kappa shape index (κ2) is 13.3. The summed E-state index contributed by atoms with van der Waals surface area (Å²) in [4.78, 5) is 8.65. The van der Waals surface area contributed by atoms with Crippen LogP contribution in [0.1, 0.15) is 37.9 Å². The fourth-order valence-corrected chi connectivity index (χ4v) is 2.91. The van der Waals surface area contributed by atoms with Gasteiger partial charge in [0, 0.05) is 32.5 Å². The minimum Gasteiger partial charge on any atom is -0.490 e. The summed E-state index contributed by atoms with van der Waals surface area (Å²) in [6.07, 6.45) is 1.71. The van der Waals surface area contributed by atoms with Crippen molar-refractivity contribution >= 4 is 5.96 Å². The molecule has 1 heterocycles. The number of pyridine rings is 1. The van der Waals surface area contributed by atoms with E-state index in [1.165, 1.54) is 0 Å². The third-order valence-electron chi connectivity index (χ3n) is 4.47. The van der Waals surface area contributed by atoms with Gasteiger partial charge in [-0.25, -0.2) is 4.98 Å². The first-order valence-corrected chi connectivity index (χ1v) is 10.5. The summed E-state index contributed by atoms with van der Waals surface area (Å²) in [6.45, 7) is 8.64. The molecule has 0 aliphatic rings. The average molecular weight is 431 g/mol. The molecule has 8 nitrogen and oxygen atoms in total. The lowest BCUT2D eigenvalue weighted by molar-refractivity contribution is 0.143. The van der Waals surface area contributed by atoms with Crippen LogP contribution in [0.4, 0.5) is 0 Å².